The van der Waals surface area contributed by atoms with Gasteiger partial charge in [-0.15, -0.1) is 0 Å². The van der Waals surface area contributed by atoms with E-state index in [2.05, 4.69) is 200 Å². The van der Waals surface area contributed by atoms with Crippen LogP contribution in [0.3, 0.4) is 0 Å². The first-order valence-corrected chi connectivity index (χ1v) is 21.0. The van der Waals surface area contributed by atoms with Crippen molar-refractivity contribution in [3.8, 4) is 67.5 Å². The summed E-state index contributed by atoms with van der Waals surface area (Å²) in [7, 11) is 0. The summed E-state index contributed by atoms with van der Waals surface area (Å²) in [5, 5.41) is 2.22. The van der Waals surface area contributed by atoms with Crippen LogP contribution in [0.2, 0.25) is 0 Å². The van der Waals surface area contributed by atoms with Crippen molar-refractivity contribution in [3.05, 3.63) is 247 Å². The third-order valence-electron chi connectivity index (χ3n) is 12.5. The molecule has 0 atom stereocenters. The number of benzene rings is 9. The van der Waals surface area contributed by atoms with Crippen LogP contribution < -0.4 is 0 Å². The van der Waals surface area contributed by atoms with Gasteiger partial charge in [-0.3, -0.25) is 0 Å². The second-order valence-corrected chi connectivity index (χ2v) is 15.9. The van der Waals surface area contributed by atoms with Crippen molar-refractivity contribution in [2.75, 3.05) is 0 Å². The standard InChI is InChI=1S/C58H37N3O/c1-3-13-38(14-4-1)40-23-27-42(28-24-40)55-59-56(43-29-25-41(26-30-43)39-15-5-2-6-16-39)61-57(60-55)44-31-33-45(34-32-44)58(51-20-10-7-17-47(51)48-18-8-11-21-52(48)58)46-35-36-54-50(37-46)49-19-9-12-22-53(49)62-54/h1-37H. The second-order valence-electron chi connectivity index (χ2n) is 15.9. The number of fused-ring (bicyclic) bond motifs is 6. The lowest BCUT2D eigenvalue weighted by Gasteiger charge is -2.34. The highest BCUT2D eigenvalue weighted by atomic mass is 16.3. The minimum atomic E-state index is -0.589. The molecular formula is C58H37N3O. The Balaban J connectivity index is 1.01. The van der Waals surface area contributed by atoms with Crippen molar-refractivity contribution in [1.82, 2.24) is 15.0 Å². The molecule has 4 nitrogen and oxygen atoms in total. The maximum Gasteiger partial charge on any atom is 0.164 e. The fourth-order valence-corrected chi connectivity index (χ4v) is 9.50. The average molecular weight is 792 g/mol. The molecular weight excluding hydrogens is 755 g/mol. The van der Waals surface area contributed by atoms with Gasteiger partial charge in [-0.2, -0.15) is 0 Å². The van der Waals surface area contributed by atoms with Gasteiger partial charge in [0.25, 0.3) is 0 Å². The van der Waals surface area contributed by atoms with Crippen molar-refractivity contribution in [3.63, 3.8) is 0 Å². The van der Waals surface area contributed by atoms with Crippen molar-refractivity contribution >= 4 is 21.9 Å². The quantitative estimate of drug-likeness (QED) is 0.161. The van der Waals surface area contributed by atoms with E-state index >= 15 is 0 Å². The molecule has 0 unspecified atom stereocenters. The first kappa shape index (κ1) is 35.7. The minimum Gasteiger partial charge on any atom is -0.456 e. The van der Waals surface area contributed by atoms with Gasteiger partial charge >= 0.3 is 0 Å². The third kappa shape index (κ3) is 5.80. The van der Waals surface area contributed by atoms with Crippen LogP contribution in [-0.2, 0) is 5.41 Å². The highest BCUT2D eigenvalue weighted by Gasteiger charge is 2.46. The molecule has 2 heterocycles. The molecule has 0 aliphatic heterocycles. The number of hydrogen-bond acceptors (Lipinski definition) is 4. The Morgan fingerprint density at radius 1 is 0.290 bits per heavy atom. The zero-order valence-electron chi connectivity index (χ0n) is 33.6. The Bertz CT molecular complexity index is 3280. The number of hydrogen-bond donors (Lipinski definition) is 0. The third-order valence-corrected chi connectivity index (χ3v) is 12.5. The van der Waals surface area contributed by atoms with Gasteiger partial charge in [0.2, 0.25) is 0 Å². The molecule has 2 aromatic heterocycles. The van der Waals surface area contributed by atoms with Crippen molar-refractivity contribution in [1.29, 1.82) is 0 Å². The van der Waals surface area contributed by atoms with Crippen LogP contribution in [0.1, 0.15) is 22.3 Å². The van der Waals surface area contributed by atoms with Crippen LogP contribution in [0.15, 0.2) is 229 Å². The highest BCUT2D eigenvalue weighted by Crippen LogP contribution is 2.56. The van der Waals surface area contributed by atoms with E-state index in [0.29, 0.717) is 17.5 Å². The van der Waals surface area contributed by atoms with Gasteiger partial charge in [-0.05, 0) is 73.8 Å². The molecule has 0 saturated heterocycles. The van der Waals surface area contributed by atoms with E-state index in [-0.39, 0.29) is 0 Å². The lowest BCUT2D eigenvalue weighted by Crippen LogP contribution is -2.28. The van der Waals surface area contributed by atoms with Gasteiger partial charge in [0.1, 0.15) is 11.2 Å². The second kappa shape index (κ2) is 14.5. The predicted molar refractivity (Wildman–Crippen MR) is 252 cm³/mol. The molecule has 11 aromatic rings. The summed E-state index contributed by atoms with van der Waals surface area (Å²) in [5.41, 5.74) is 15.9. The lowest BCUT2D eigenvalue weighted by atomic mass is 9.67. The molecule has 0 amide bonds. The van der Waals surface area contributed by atoms with Crippen LogP contribution in [-0.4, -0.2) is 15.0 Å². The van der Waals surface area contributed by atoms with Crippen LogP contribution in [0.25, 0.3) is 89.5 Å². The van der Waals surface area contributed by atoms with Gasteiger partial charge in [0.05, 0.1) is 5.41 Å². The van der Waals surface area contributed by atoms with E-state index in [1.165, 1.54) is 27.8 Å². The van der Waals surface area contributed by atoms with Crippen LogP contribution in [0.4, 0.5) is 0 Å². The molecule has 0 spiro atoms. The van der Waals surface area contributed by atoms with Gasteiger partial charge in [0.15, 0.2) is 17.5 Å². The van der Waals surface area contributed by atoms with Crippen LogP contribution >= 0.6 is 0 Å². The zero-order valence-corrected chi connectivity index (χ0v) is 33.6. The van der Waals surface area contributed by atoms with Crippen molar-refractivity contribution in [2.24, 2.45) is 0 Å². The highest BCUT2D eigenvalue weighted by molar-refractivity contribution is 6.05. The largest absolute Gasteiger partial charge is 0.456 e. The van der Waals surface area contributed by atoms with E-state index < -0.39 is 5.41 Å². The predicted octanol–water partition coefficient (Wildman–Crippen LogP) is 14.5. The molecule has 0 N–H and O–H groups in total. The van der Waals surface area contributed by atoms with Crippen LogP contribution in [0.5, 0.6) is 0 Å². The average Bonchev–Trinajstić information content (AvgIpc) is 3.88. The molecule has 1 aliphatic carbocycles. The van der Waals surface area contributed by atoms with Gasteiger partial charge in [-0.25, -0.2) is 15.0 Å². The van der Waals surface area contributed by atoms with Gasteiger partial charge in [0, 0.05) is 27.5 Å². The number of nitrogens with zero attached hydrogens (tertiary/aromatic N) is 3. The Morgan fingerprint density at radius 2 is 0.677 bits per heavy atom. The Morgan fingerprint density at radius 3 is 1.21 bits per heavy atom. The van der Waals surface area contributed by atoms with Gasteiger partial charge in [-0.1, -0.05) is 206 Å². The molecule has 0 radical (unpaired) electrons. The zero-order chi connectivity index (χ0) is 41.0. The summed E-state index contributed by atoms with van der Waals surface area (Å²) in [4.78, 5) is 15.4. The van der Waals surface area contributed by atoms with E-state index in [1.54, 1.807) is 0 Å². The topological polar surface area (TPSA) is 51.8 Å². The maximum absolute atomic E-state index is 6.33. The maximum atomic E-state index is 6.33. The smallest absolute Gasteiger partial charge is 0.164 e. The SMILES string of the molecule is c1ccc(-c2ccc(-c3nc(-c4ccc(-c5ccccc5)cc4)nc(-c4ccc(C5(c6ccc7oc8ccccc8c7c6)c6ccccc6-c6ccccc65)cc4)n3)cc2)cc1. The Hall–Kier alpha value is -8.21. The summed E-state index contributed by atoms with van der Waals surface area (Å²) in [6.45, 7) is 0. The molecule has 12 rings (SSSR count). The van der Waals surface area contributed by atoms with Crippen molar-refractivity contribution < 1.29 is 4.42 Å². The molecule has 62 heavy (non-hydrogen) atoms. The first-order valence-electron chi connectivity index (χ1n) is 21.0. The first-order chi connectivity index (χ1) is 30.7. The van der Waals surface area contributed by atoms with Crippen molar-refractivity contribution in [2.45, 2.75) is 5.41 Å². The van der Waals surface area contributed by atoms with E-state index in [4.69, 9.17) is 19.4 Å². The number of rotatable bonds is 7. The number of furan rings is 1. The summed E-state index contributed by atoms with van der Waals surface area (Å²) in [5.74, 6) is 1.86. The Kier molecular flexibility index (Phi) is 8.36. The summed E-state index contributed by atoms with van der Waals surface area (Å²) in [6.07, 6.45) is 0. The lowest BCUT2D eigenvalue weighted by molar-refractivity contribution is 0.668. The van der Waals surface area contributed by atoms with E-state index in [9.17, 15) is 0 Å². The summed E-state index contributed by atoms with van der Waals surface area (Å²) < 4.78 is 6.33. The molecule has 0 saturated carbocycles. The molecule has 9 aromatic carbocycles. The summed E-state index contributed by atoms with van der Waals surface area (Å²) >= 11 is 0. The normalized spacial score (nSPS) is 12.6. The molecule has 1 aliphatic rings. The van der Waals surface area contributed by atoms with Gasteiger partial charge < -0.3 is 4.42 Å². The molecule has 0 bridgehead atoms. The fraction of sp³-hybridized carbons (Fsp3) is 0.0172. The Labute approximate surface area is 359 Å². The monoisotopic (exact) mass is 791 g/mol. The minimum absolute atomic E-state index is 0.589. The molecule has 4 heteroatoms. The summed E-state index contributed by atoms with van der Waals surface area (Å²) in [6, 6.07) is 79.4. The molecule has 290 valence electrons. The van der Waals surface area contributed by atoms with E-state index in [0.717, 1.165) is 66.4 Å². The fourth-order valence-electron chi connectivity index (χ4n) is 9.50. The number of para-hydroxylation sites is 1. The van der Waals surface area contributed by atoms with Crippen LogP contribution in [0, 0.1) is 0 Å². The number of aromatic nitrogens is 3. The van der Waals surface area contributed by atoms with E-state index in [1.807, 2.05) is 24.3 Å². The molecule has 0 fully saturated rings.